The zero-order chi connectivity index (χ0) is 13.4. The third-order valence-electron chi connectivity index (χ3n) is 3.29. The zero-order valence-corrected chi connectivity index (χ0v) is 11.6. The molecule has 19 heavy (non-hydrogen) atoms. The fraction of sp³-hybridized carbons (Fsp3) is 0.125. The Morgan fingerprint density at radius 1 is 0.895 bits per heavy atom. The van der Waals surface area contributed by atoms with E-state index in [-0.39, 0.29) is 0 Å². The summed E-state index contributed by atoms with van der Waals surface area (Å²) in [4.78, 5) is 0. The van der Waals surface area contributed by atoms with E-state index in [1.54, 1.807) is 0 Å². The Labute approximate surface area is 117 Å². The van der Waals surface area contributed by atoms with Crippen LogP contribution in [0.15, 0.2) is 42.5 Å². The molecule has 94 valence electrons. The van der Waals surface area contributed by atoms with Crippen LogP contribution in [0.2, 0.25) is 5.15 Å². The van der Waals surface area contributed by atoms with Gasteiger partial charge in [0.15, 0.2) is 5.15 Å². The number of hydrogen-bond acceptors (Lipinski definition) is 2. The minimum atomic E-state index is 0.449. The fourth-order valence-electron chi connectivity index (χ4n) is 2.26. The first-order valence-electron chi connectivity index (χ1n) is 6.15. The number of halogens is 1. The third kappa shape index (κ3) is 2.08. The van der Waals surface area contributed by atoms with Gasteiger partial charge in [0.2, 0.25) is 0 Å². The monoisotopic (exact) mass is 268 g/mol. The molecule has 0 fully saturated rings. The van der Waals surface area contributed by atoms with Crippen LogP contribution >= 0.6 is 11.6 Å². The molecule has 0 aliphatic heterocycles. The molecule has 2 nitrogen and oxygen atoms in total. The van der Waals surface area contributed by atoms with Crippen molar-refractivity contribution in [1.29, 1.82) is 0 Å². The van der Waals surface area contributed by atoms with Gasteiger partial charge >= 0.3 is 0 Å². The van der Waals surface area contributed by atoms with Crippen LogP contribution in [0.1, 0.15) is 11.1 Å². The minimum absolute atomic E-state index is 0.449. The second kappa shape index (κ2) is 4.63. The first-order valence-corrected chi connectivity index (χ1v) is 6.53. The molecule has 0 radical (unpaired) electrons. The molecule has 0 atom stereocenters. The number of hydrogen-bond donors (Lipinski definition) is 0. The first kappa shape index (κ1) is 12.1. The van der Waals surface area contributed by atoms with Gasteiger partial charge in [-0.3, -0.25) is 0 Å². The number of nitrogens with zero attached hydrogens (tertiary/aromatic N) is 2. The minimum Gasteiger partial charge on any atom is -0.148 e. The van der Waals surface area contributed by atoms with Crippen LogP contribution < -0.4 is 0 Å². The maximum atomic E-state index is 6.11. The molecule has 1 aromatic heterocycles. The van der Waals surface area contributed by atoms with Gasteiger partial charge in [-0.25, -0.2) is 0 Å². The molecule has 0 unspecified atom stereocenters. The van der Waals surface area contributed by atoms with Crippen LogP contribution in [-0.4, -0.2) is 10.2 Å². The van der Waals surface area contributed by atoms with Crippen LogP contribution in [0.3, 0.4) is 0 Å². The fourth-order valence-corrected chi connectivity index (χ4v) is 2.46. The number of benzene rings is 2. The summed E-state index contributed by atoms with van der Waals surface area (Å²) in [6.45, 7) is 4.16. The Bertz CT molecular complexity index is 766. The third-order valence-corrected chi connectivity index (χ3v) is 3.57. The smallest absolute Gasteiger partial charge is 0.148 e. The standard InChI is InChI=1S/C16H13ClN2/c1-10-7-8-11(2)14(9-10)15-12-5-3-4-6-13(12)16(17)19-18-15/h3-9H,1-2H3. The zero-order valence-electron chi connectivity index (χ0n) is 10.8. The first-order chi connectivity index (χ1) is 9.16. The van der Waals surface area contributed by atoms with E-state index in [1.165, 1.54) is 11.1 Å². The Balaban J connectivity index is 2.37. The van der Waals surface area contributed by atoms with Crippen LogP contribution in [-0.2, 0) is 0 Å². The number of aromatic nitrogens is 2. The van der Waals surface area contributed by atoms with Crippen molar-refractivity contribution in [3.05, 3.63) is 58.7 Å². The summed E-state index contributed by atoms with van der Waals surface area (Å²) in [6.07, 6.45) is 0. The summed E-state index contributed by atoms with van der Waals surface area (Å²) in [5.74, 6) is 0. The van der Waals surface area contributed by atoms with E-state index in [0.717, 1.165) is 22.0 Å². The van der Waals surface area contributed by atoms with Gasteiger partial charge in [0.25, 0.3) is 0 Å². The second-order valence-corrected chi connectivity index (χ2v) is 5.06. The Hall–Kier alpha value is -1.93. The largest absolute Gasteiger partial charge is 0.159 e. The average molecular weight is 269 g/mol. The lowest BCUT2D eigenvalue weighted by Gasteiger charge is -2.09. The van der Waals surface area contributed by atoms with Gasteiger partial charge in [0.05, 0.1) is 0 Å². The highest BCUT2D eigenvalue weighted by molar-refractivity contribution is 6.34. The molecule has 2 aromatic carbocycles. The predicted molar refractivity (Wildman–Crippen MR) is 79.5 cm³/mol. The van der Waals surface area contributed by atoms with Crippen molar-refractivity contribution in [2.24, 2.45) is 0 Å². The maximum absolute atomic E-state index is 6.11. The molecule has 3 aromatic rings. The SMILES string of the molecule is Cc1ccc(C)c(-c2nnc(Cl)c3ccccc23)c1. The molecule has 0 amide bonds. The van der Waals surface area contributed by atoms with Gasteiger partial charge < -0.3 is 0 Å². The van der Waals surface area contributed by atoms with Crippen molar-refractivity contribution in [3.8, 4) is 11.3 Å². The summed E-state index contributed by atoms with van der Waals surface area (Å²) >= 11 is 6.11. The highest BCUT2D eigenvalue weighted by Crippen LogP contribution is 2.31. The lowest BCUT2D eigenvalue weighted by molar-refractivity contribution is 1.05. The number of aryl methyl sites for hydroxylation is 2. The molecule has 1 heterocycles. The normalized spacial score (nSPS) is 10.9. The van der Waals surface area contributed by atoms with Gasteiger partial charge in [0.1, 0.15) is 5.69 Å². The summed E-state index contributed by atoms with van der Waals surface area (Å²) < 4.78 is 0. The van der Waals surface area contributed by atoms with Crippen molar-refractivity contribution in [3.63, 3.8) is 0 Å². The summed E-state index contributed by atoms with van der Waals surface area (Å²) in [5.41, 5.74) is 4.40. The van der Waals surface area contributed by atoms with E-state index in [2.05, 4.69) is 42.2 Å². The van der Waals surface area contributed by atoms with E-state index in [9.17, 15) is 0 Å². The van der Waals surface area contributed by atoms with Crippen LogP contribution in [0.25, 0.3) is 22.0 Å². The molecule has 0 aliphatic rings. The quantitative estimate of drug-likeness (QED) is 0.646. The lowest BCUT2D eigenvalue weighted by Crippen LogP contribution is -1.94. The van der Waals surface area contributed by atoms with Gasteiger partial charge in [0, 0.05) is 16.3 Å². The highest BCUT2D eigenvalue weighted by Gasteiger charge is 2.11. The van der Waals surface area contributed by atoms with Gasteiger partial charge in [-0.05, 0) is 25.5 Å². The van der Waals surface area contributed by atoms with Crippen LogP contribution in [0.4, 0.5) is 0 Å². The maximum Gasteiger partial charge on any atom is 0.159 e. The summed E-state index contributed by atoms with van der Waals surface area (Å²) in [6, 6.07) is 14.3. The van der Waals surface area contributed by atoms with E-state index in [4.69, 9.17) is 11.6 Å². The molecule has 0 saturated heterocycles. The molecule has 0 spiro atoms. The molecule has 3 heteroatoms. The Morgan fingerprint density at radius 3 is 2.42 bits per heavy atom. The van der Waals surface area contributed by atoms with Gasteiger partial charge in [-0.1, -0.05) is 53.6 Å². The highest BCUT2D eigenvalue weighted by atomic mass is 35.5. The predicted octanol–water partition coefficient (Wildman–Crippen LogP) is 4.57. The molecular formula is C16H13ClN2. The molecule has 0 N–H and O–H groups in total. The second-order valence-electron chi connectivity index (χ2n) is 4.70. The topological polar surface area (TPSA) is 25.8 Å². The van der Waals surface area contributed by atoms with Crippen LogP contribution in [0, 0.1) is 13.8 Å². The van der Waals surface area contributed by atoms with E-state index in [1.807, 2.05) is 24.3 Å². The lowest BCUT2D eigenvalue weighted by atomic mass is 9.99. The van der Waals surface area contributed by atoms with Crippen molar-refractivity contribution in [2.75, 3.05) is 0 Å². The average Bonchev–Trinajstić information content (AvgIpc) is 2.43. The molecular weight excluding hydrogens is 256 g/mol. The van der Waals surface area contributed by atoms with E-state index < -0.39 is 0 Å². The van der Waals surface area contributed by atoms with Crippen molar-refractivity contribution < 1.29 is 0 Å². The van der Waals surface area contributed by atoms with Crippen molar-refractivity contribution in [1.82, 2.24) is 10.2 Å². The summed E-state index contributed by atoms with van der Waals surface area (Å²) in [7, 11) is 0. The number of fused-ring (bicyclic) bond motifs is 1. The Morgan fingerprint density at radius 2 is 1.63 bits per heavy atom. The van der Waals surface area contributed by atoms with Gasteiger partial charge in [-0.2, -0.15) is 0 Å². The van der Waals surface area contributed by atoms with Crippen molar-refractivity contribution >= 4 is 22.4 Å². The Kier molecular flexibility index (Phi) is 2.96. The molecule has 0 aliphatic carbocycles. The van der Waals surface area contributed by atoms with Crippen molar-refractivity contribution in [2.45, 2.75) is 13.8 Å². The van der Waals surface area contributed by atoms with Crippen LogP contribution in [0.5, 0.6) is 0 Å². The molecule has 3 rings (SSSR count). The van der Waals surface area contributed by atoms with Gasteiger partial charge in [-0.15, -0.1) is 10.2 Å². The summed E-state index contributed by atoms with van der Waals surface area (Å²) in [5, 5.41) is 10.8. The van der Waals surface area contributed by atoms with E-state index >= 15 is 0 Å². The van der Waals surface area contributed by atoms with E-state index in [0.29, 0.717) is 5.15 Å². The number of rotatable bonds is 1. The molecule has 0 saturated carbocycles. The molecule has 0 bridgehead atoms.